The van der Waals surface area contributed by atoms with Crippen molar-refractivity contribution in [1.82, 2.24) is 0 Å². The van der Waals surface area contributed by atoms with Gasteiger partial charge < -0.3 is 20.3 Å². The van der Waals surface area contributed by atoms with E-state index in [1.807, 2.05) is 0 Å². The molecule has 0 radical (unpaired) electrons. The fourth-order valence-corrected chi connectivity index (χ4v) is 2.43. The molecule has 18 heavy (non-hydrogen) atoms. The van der Waals surface area contributed by atoms with E-state index < -0.39 is 12.0 Å². The number of hydrogen-bond donors (Lipinski definition) is 2. The zero-order chi connectivity index (χ0) is 13.9. The highest BCUT2D eigenvalue weighted by Crippen LogP contribution is 2.43. The van der Waals surface area contributed by atoms with Crippen LogP contribution in [-0.4, -0.2) is 25.3 Å². The summed E-state index contributed by atoms with van der Waals surface area (Å²) in [5.41, 5.74) is 6.57. The molecule has 100 valence electrons. The highest BCUT2D eigenvalue weighted by molar-refractivity contribution is 9.13. The van der Waals surface area contributed by atoms with Gasteiger partial charge in [-0.25, -0.2) is 0 Å². The number of benzene rings is 1. The molecular formula is C11H13Br2NO4. The third kappa shape index (κ3) is 3.15. The van der Waals surface area contributed by atoms with Gasteiger partial charge in [0.25, 0.3) is 0 Å². The van der Waals surface area contributed by atoms with Gasteiger partial charge in [0.15, 0.2) is 11.5 Å². The van der Waals surface area contributed by atoms with Crippen molar-refractivity contribution in [3.8, 4) is 11.5 Å². The molecule has 0 amide bonds. The molecule has 0 aromatic heterocycles. The number of ether oxygens (including phenoxy) is 2. The molecule has 3 N–H and O–H groups in total. The van der Waals surface area contributed by atoms with E-state index in [0.717, 1.165) is 0 Å². The van der Waals surface area contributed by atoms with E-state index >= 15 is 0 Å². The Balaban J connectivity index is 3.16. The molecule has 5 nitrogen and oxygen atoms in total. The van der Waals surface area contributed by atoms with E-state index in [4.69, 9.17) is 10.5 Å². The first-order chi connectivity index (χ1) is 8.42. The third-order valence-electron chi connectivity index (χ3n) is 2.41. The smallest absolute Gasteiger partial charge is 0.307 e. The van der Waals surface area contributed by atoms with E-state index in [1.165, 1.54) is 14.2 Å². The Morgan fingerprint density at radius 1 is 1.44 bits per heavy atom. The number of carbonyl (C=O) groups is 1. The van der Waals surface area contributed by atoms with Gasteiger partial charge in [-0.2, -0.15) is 0 Å². The van der Waals surface area contributed by atoms with E-state index in [2.05, 4.69) is 36.6 Å². The van der Waals surface area contributed by atoms with Crippen LogP contribution in [0.25, 0.3) is 0 Å². The van der Waals surface area contributed by atoms with Crippen LogP contribution in [0.4, 0.5) is 0 Å². The summed E-state index contributed by atoms with van der Waals surface area (Å²) in [4.78, 5) is 11.2. The molecule has 0 unspecified atom stereocenters. The monoisotopic (exact) mass is 381 g/mol. The van der Waals surface area contributed by atoms with Gasteiger partial charge >= 0.3 is 5.97 Å². The van der Waals surface area contributed by atoms with Gasteiger partial charge in [0.2, 0.25) is 0 Å². The van der Waals surface area contributed by atoms with Crippen LogP contribution in [0, 0.1) is 0 Å². The van der Waals surface area contributed by atoms with Crippen LogP contribution in [0.15, 0.2) is 15.0 Å². The van der Waals surface area contributed by atoms with Crippen molar-refractivity contribution in [1.29, 1.82) is 0 Å². The number of esters is 1. The second-order valence-corrected chi connectivity index (χ2v) is 5.12. The van der Waals surface area contributed by atoms with E-state index in [0.29, 0.717) is 14.5 Å². The van der Waals surface area contributed by atoms with Crippen LogP contribution < -0.4 is 10.5 Å². The standard InChI is InChI=1S/C11H13Br2NO4/c1-17-7-3-5(6(14)4-8(15)18-2)9(12)10(13)11(7)16/h3,6,16H,4,14H2,1-2H3/t6-/m1/s1. The maximum Gasteiger partial charge on any atom is 0.307 e. The molecule has 0 aliphatic rings. The van der Waals surface area contributed by atoms with Crippen LogP contribution in [0.2, 0.25) is 0 Å². The van der Waals surface area contributed by atoms with Crippen molar-refractivity contribution in [2.75, 3.05) is 14.2 Å². The second kappa shape index (κ2) is 6.40. The van der Waals surface area contributed by atoms with Gasteiger partial charge in [-0.15, -0.1) is 0 Å². The Bertz CT molecular complexity index is 465. The maximum absolute atomic E-state index is 11.2. The van der Waals surface area contributed by atoms with Crippen LogP contribution in [0.3, 0.4) is 0 Å². The average molecular weight is 383 g/mol. The molecule has 0 fully saturated rings. The van der Waals surface area contributed by atoms with Gasteiger partial charge in [-0.3, -0.25) is 4.79 Å². The molecular weight excluding hydrogens is 370 g/mol. The van der Waals surface area contributed by atoms with Crippen molar-refractivity contribution in [2.24, 2.45) is 5.73 Å². The Labute approximate surface area is 122 Å². The molecule has 1 atom stereocenters. The Morgan fingerprint density at radius 3 is 2.56 bits per heavy atom. The molecule has 1 aromatic carbocycles. The number of methoxy groups -OCH3 is 2. The molecule has 0 heterocycles. The number of nitrogens with two attached hydrogens (primary N) is 1. The average Bonchev–Trinajstić information content (AvgIpc) is 2.36. The number of carbonyl (C=O) groups excluding carboxylic acids is 1. The zero-order valence-electron chi connectivity index (χ0n) is 9.87. The van der Waals surface area contributed by atoms with Crippen molar-refractivity contribution in [2.45, 2.75) is 12.5 Å². The van der Waals surface area contributed by atoms with Gasteiger partial charge in [0.05, 0.1) is 25.1 Å². The van der Waals surface area contributed by atoms with E-state index in [-0.39, 0.29) is 17.9 Å². The molecule has 7 heteroatoms. The fraction of sp³-hybridized carbons (Fsp3) is 0.364. The summed E-state index contributed by atoms with van der Waals surface area (Å²) in [6, 6.07) is 1.02. The second-order valence-electron chi connectivity index (χ2n) is 3.53. The minimum Gasteiger partial charge on any atom is -0.503 e. The molecule has 1 rings (SSSR count). The lowest BCUT2D eigenvalue weighted by molar-refractivity contribution is -0.141. The lowest BCUT2D eigenvalue weighted by Crippen LogP contribution is -2.17. The molecule has 0 saturated heterocycles. The Morgan fingerprint density at radius 2 is 2.06 bits per heavy atom. The molecule has 1 aromatic rings. The highest BCUT2D eigenvalue weighted by atomic mass is 79.9. The molecule has 0 saturated carbocycles. The first kappa shape index (κ1) is 15.3. The Hall–Kier alpha value is -0.790. The predicted octanol–water partition coefficient (Wildman–Crippen LogP) is 2.49. The van der Waals surface area contributed by atoms with Crippen molar-refractivity contribution in [3.63, 3.8) is 0 Å². The first-order valence-electron chi connectivity index (χ1n) is 4.99. The van der Waals surface area contributed by atoms with Gasteiger partial charge in [-0.1, -0.05) is 0 Å². The van der Waals surface area contributed by atoms with Gasteiger partial charge in [0, 0.05) is 10.5 Å². The van der Waals surface area contributed by atoms with Crippen molar-refractivity contribution >= 4 is 37.8 Å². The lowest BCUT2D eigenvalue weighted by Gasteiger charge is -2.16. The third-order valence-corrected chi connectivity index (χ3v) is 4.57. The predicted molar refractivity (Wildman–Crippen MR) is 73.6 cm³/mol. The number of halogens is 2. The molecule has 0 bridgehead atoms. The summed E-state index contributed by atoms with van der Waals surface area (Å²) >= 11 is 6.54. The number of hydrogen-bond acceptors (Lipinski definition) is 5. The summed E-state index contributed by atoms with van der Waals surface area (Å²) in [5.74, 6) is -0.156. The lowest BCUT2D eigenvalue weighted by atomic mass is 10.0. The quantitative estimate of drug-likeness (QED) is 0.781. The maximum atomic E-state index is 11.2. The number of aromatic hydroxyl groups is 1. The summed E-state index contributed by atoms with van der Waals surface area (Å²) in [6.45, 7) is 0. The molecule has 0 aliphatic heterocycles. The topological polar surface area (TPSA) is 81.8 Å². The van der Waals surface area contributed by atoms with Crippen LogP contribution >= 0.6 is 31.9 Å². The van der Waals surface area contributed by atoms with Gasteiger partial charge in [0.1, 0.15) is 0 Å². The van der Waals surface area contributed by atoms with Crippen molar-refractivity contribution < 1.29 is 19.4 Å². The van der Waals surface area contributed by atoms with Crippen molar-refractivity contribution in [3.05, 3.63) is 20.6 Å². The summed E-state index contributed by atoms with van der Waals surface area (Å²) < 4.78 is 10.6. The normalized spacial score (nSPS) is 12.1. The minimum atomic E-state index is -0.558. The molecule has 0 spiro atoms. The summed E-state index contributed by atoms with van der Waals surface area (Å²) in [5, 5.41) is 9.78. The fourth-order valence-electron chi connectivity index (χ4n) is 1.41. The van der Waals surface area contributed by atoms with Crippen LogP contribution in [0.1, 0.15) is 18.0 Å². The number of rotatable bonds is 4. The summed E-state index contributed by atoms with van der Waals surface area (Å²) in [7, 11) is 2.74. The summed E-state index contributed by atoms with van der Waals surface area (Å²) in [6.07, 6.45) is 0.0372. The van der Waals surface area contributed by atoms with E-state index in [9.17, 15) is 9.90 Å². The SMILES string of the molecule is COC(=O)C[C@@H](N)c1cc(OC)c(O)c(Br)c1Br. The molecule has 0 aliphatic carbocycles. The number of phenols is 1. The minimum absolute atomic E-state index is 0.0293. The van der Waals surface area contributed by atoms with Crippen LogP contribution in [0.5, 0.6) is 11.5 Å². The zero-order valence-corrected chi connectivity index (χ0v) is 13.0. The highest BCUT2D eigenvalue weighted by Gasteiger charge is 2.21. The first-order valence-corrected chi connectivity index (χ1v) is 6.58. The number of phenolic OH excluding ortho intramolecular Hbond substituents is 1. The van der Waals surface area contributed by atoms with Gasteiger partial charge in [-0.05, 0) is 43.5 Å². The van der Waals surface area contributed by atoms with Crippen LogP contribution in [-0.2, 0) is 9.53 Å². The van der Waals surface area contributed by atoms with E-state index in [1.54, 1.807) is 6.07 Å². The Kier molecular flexibility index (Phi) is 5.43. The largest absolute Gasteiger partial charge is 0.503 e.